The van der Waals surface area contributed by atoms with E-state index in [1.165, 1.54) is 43.1 Å². The van der Waals surface area contributed by atoms with Gasteiger partial charge < -0.3 is 16.8 Å². The Hall–Kier alpha value is 0.160. The summed E-state index contributed by atoms with van der Waals surface area (Å²) < 4.78 is 0. The van der Waals surface area contributed by atoms with E-state index in [0.29, 0.717) is 0 Å². The standard InChI is InChI=1S/C5H11N.C3H6N2S2/c1-2-4-6-5-3-1;4-2-1-3(5)7-6-2/h6H,1-5H2;1-2H,4-5H2. The summed E-state index contributed by atoms with van der Waals surface area (Å²) in [6.45, 7) is 2.50. The molecule has 0 saturated carbocycles. The Balaban J connectivity index is 0.000000132. The predicted molar refractivity (Wildman–Crippen MR) is 62.1 cm³/mol. The van der Waals surface area contributed by atoms with Crippen LogP contribution in [0.5, 0.6) is 0 Å². The molecule has 0 bridgehead atoms. The van der Waals surface area contributed by atoms with Gasteiger partial charge in [-0.1, -0.05) is 17.2 Å². The van der Waals surface area contributed by atoms with E-state index in [9.17, 15) is 0 Å². The highest BCUT2D eigenvalue weighted by Gasteiger charge is 2.08. The minimum Gasteiger partial charge on any atom is -0.393 e. The summed E-state index contributed by atoms with van der Waals surface area (Å²) in [7, 11) is 3.12. The molecule has 13 heavy (non-hydrogen) atoms. The lowest BCUT2D eigenvalue weighted by Gasteiger charge is -2.08. The van der Waals surface area contributed by atoms with E-state index in [0.717, 1.165) is 5.03 Å². The number of rotatable bonds is 0. The van der Waals surface area contributed by atoms with Crippen LogP contribution in [0.4, 0.5) is 0 Å². The molecule has 76 valence electrons. The van der Waals surface area contributed by atoms with Gasteiger partial charge in [-0.05, 0) is 42.8 Å². The SMILES string of the molecule is C1CCNCC1.NC1=CC(N)SS1. The summed E-state index contributed by atoms with van der Waals surface area (Å²) in [5.41, 5.74) is 10.8. The molecule has 1 unspecified atom stereocenters. The lowest BCUT2D eigenvalue weighted by atomic mass is 10.2. The summed E-state index contributed by atoms with van der Waals surface area (Å²) in [5.74, 6) is 0. The lowest BCUT2D eigenvalue weighted by Crippen LogP contribution is -2.21. The fourth-order valence-electron chi connectivity index (χ4n) is 1.13. The molecule has 0 aromatic rings. The molecule has 0 amide bonds. The number of piperidine rings is 1. The Kier molecular flexibility index (Phi) is 5.70. The van der Waals surface area contributed by atoms with Gasteiger partial charge in [0.2, 0.25) is 0 Å². The highest BCUT2D eigenvalue weighted by molar-refractivity contribution is 8.78. The van der Waals surface area contributed by atoms with Gasteiger partial charge in [-0.15, -0.1) is 0 Å². The number of hydrogen-bond donors (Lipinski definition) is 3. The Morgan fingerprint density at radius 2 is 2.00 bits per heavy atom. The van der Waals surface area contributed by atoms with Crippen LogP contribution >= 0.6 is 21.6 Å². The zero-order valence-electron chi connectivity index (χ0n) is 7.66. The minimum atomic E-state index is 0.116. The largest absolute Gasteiger partial charge is 0.393 e. The van der Waals surface area contributed by atoms with Gasteiger partial charge >= 0.3 is 0 Å². The molecule has 2 aliphatic heterocycles. The smallest absolute Gasteiger partial charge is 0.0830 e. The quantitative estimate of drug-likeness (QED) is 0.535. The van der Waals surface area contributed by atoms with E-state index in [-0.39, 0.29) is 5.37 Å². The van der Waals surface area contributed by atoms with Crippen molar-refractivity contribution in [3.63, 3.8) is 0 Å². The van der Waals surface area contributed by atoms with E-state index in [4.69, 9.17) is 11.5 Å². The molecule has 5 N–H and O–H groups in total. The van der Waals surface area contributed by atoms with E-state index in [1.54, 1.807) is 10.8 Å². The monoisotopic (exact) mass is 219 g/mol. The van der Waals surface area contributed by atoms with Crippen LogP contribution in [-0.4, -0.2) is 18.5 Å². The van der Waals surface area contributed by atoms with Gasteiger partial charge in [0.25, 0.3) is 0 Å². The van der Waals surface area contributed by atoms with Crippen molar-refractivity contribution in [3.8, 4) is 0 Å². The molecule has 0 radical (unpaired) electrons. The molecule has 0 spiro atoms. The second-order valence-electron chi connectivity index (χ2n) is 3.02. The molecule has 2 rings (SSSR count). The molecule has 2 aliphatic rings. The summed E-state index contributed by atoms with van der Waals surface area (Å²) >= 11 is 0. The van der Waals surface area contributed by atoms with Gasteiger partial charge in [-0.25, -0.2) is 0 Å². The molecule has 1 atom stereocenters. The zero-order chi connectivity index (χ0) is 9.52. The van der Waals surface area contributed by atoms with E-state index in [2.05, 4.69) is 5.32 Å². The molecule has 0 aromatic heterocycles. The first kappa shape index (κ1) is 11.2. The first-order valence-electron chi connectivity index (χ1n) is 4.56. The topological polar surface area (TPSA) is 64.1 Å². The molecule has 1 fully saturated rings. The van der Waals surface area contributed by atoms with Crippen LogP contribution in [0.3, 0.4) is 0 Å². The summed E-state index contributed by atoms with van der Waals surface area (Å²) in [4.78, 5) is 0. The van der Waals surface area contributed by atoms with Crippen molar-refractivity contribution in [2.45, 2.75) is 24.6 Å². The maximum Gasteiger partial charge on any atom is 0.0830 e. The van der Waals surface area contributed by atoms with Crippen molar-refractivity contribution in [1.82, 2.24) is 5.32 Å². The first-order valence-corrected chi connectivity index (χ1v) is 6.77. The number of nitrogens with one attached hydrogen (secondary N) is 1. The third-order valence-corrected chi connectivity index (χ3v) is 4.11. The van der Waals surface area contributed by atoms with E-state index in [1.807, 2.05) is 6.08 Å². The van der Waals surface area contributed by atoms with Crippen LogP contribution in [0.1, 0.15) is 19.3 Å². The van der Waals surface area contributed by atoms with Gasteiger partial charge in [0.15, 0.2) is 0 Å². The normalized spacial score (nSPS) is 27.5. The Morgan fingerprint density at radius 1 is 1.31 bits per heavy atom. The van der Waals surface area contributed by atoms with Crippen LogP contribution in [-0.2, 0) is 0 Å². The first-order chi connectivity index (χ1) is 6.29. The number of nitrogens with two attached hydrogens (primary N) is 2. The van der Waals surface area contributed by atoms with Crippen molar-refractivity contribution in [2.24, 2.45) is 11.5 Å². The molecule has 3 nitrogen and oxygen atoms in total. The lowest BCUT2D eigenvalue weighted by molar-refractivity contribution is 0.520. The zero-order valence-corrected chi connectivity index (χ0v) is 9.29. The molecular weight excluding hydrogens is 202 g/mol. The third kappa shape index (κ3) is 5.46. The molecule has 0 aromatic carbocycles. The maximum atomic E-state index is 5.41. The van der Waals surface area contributed by atoms with Crippen molar-refractivity contribution in [2.75, 3.05) is 13.1 Å². The van der Waals surface area contributed by atoms with Crippen LogP contribution in [0.15, 0.2) is 11.1 Å². The van der Waals surface area contributed by atoms with Crippen molar-refractivity contribution in [3.05, 3.63) is 11.1 Å². The highest BCUT2D eigenvalue weighted by atomic mass is 33.1. The van der Waals surface area contributed by atoms with Crippen molar-refractivity contribution >= 4 is 21.6 Å². The highest BCUT2D eigenvalue weighted by Crippen LogP contribution is 2.36. The molecule has 2 heterocycles. The predicted octanol–water partition coefficient (Wildman–Crippen LogP) is 1.23. The van der Waals surface area contributed by atoms with Crippen molar-refractivity contribution in [1.29, 1.82) is 0 Å². The number of hydrogen-bond acceptors (Lipinski definition) is 5. The third-order valence-electron chi connectivity index (χ3n) is 1.79. The molecular formula is C8H17N3S2. The van der Waals surface area contributed by atoms with Crippen LogP contribution < -0.4 is 16.8 Å². The van der Waals surface area contributed by atoms with Gasteiger partial charge in [0, 0.05) is 0 Å². The van der Waals surface area contributed by atoms with E-state index < -0.39 is 0 Å². The van der Waals surface area contributed by atoms with Gasteiger partial charge in [-0.2, -0.15) is 0 Å². The average molecular weight is 219 g/mol. The summed E-state index contributed by atoms with van der Waals surface area (Å²) in [6, 6.07) is 0. The van der Waals surface area contributed by atoms with Gasteiger partial charge in [-0.3, -0.25) is 0 Å². The molecule has 1 saturated heterocycles. The minimum absolute atomic E-state index is 0.116. The fourth-order valence-corrected chi connectivity index (χ4v) is 2.84. The molecule has 0 aliphatic carbocycles. The molecule has 5 heteroatoms. The van der Waals surface area contributed by atoms with Gasteiger partial charge in [0.05, 0.1) is 10.4 Å². The van der Waals surface area contributed by atoms with Crippen LogP contribution in [0, 0.1) is 0 Å². The summed E-state index contributed by atoms with van der Waals surface area (Å²) in [5, 5.41) is 4.23. The van der Waals surface area contributed by atoms with Crippen LogP contribution in [0.2, 0.25) is 0 Å². The Morgan fingerprint density at radius 3 is 2.15 bits per heavy atom. The summed E-state index contributed by atoms with van der Waals surface area (Å²) in [6.07, 6.45) is 6.06. The average Bonchev–Trinajstić information content (AvgIpc) is 2.54. The van der Waals surface area contributed by atoms with Gasteiger partial charge in [0.1, 0.15) is 0 Å². The fraction of sp³-hybridized carbons (Fsp3) is 0.750. The second-order valence-corrected chi connectivity index (χ2v) is 5.48. The van der Waals surface area contributed by atoms with Crippen LogP contribution in [0.25, 0.3) is 0 Å². The Bertz CT molecular complexity index is 157. The second kappa shape index (κ2) is 6.59. The maximum absolute atomic E-state index is 5.41. The Labute approximate surface area is 87.5 Å². The van der Waals surface area contributed by atoms with Crippen molar-refractivity contribution < 1.29 is 0 Å². The van der Waals surface area contributed by atoms with E-state index >= 15 is 0 Å².